The van der Waals surface area contributed by atoms with Gasteiger partial charge in [-0.3, -0.25) is 4.48 Å². The van der Waals surface area contributed by atoms with Crippen molar-refractivity contribution in [1.29, 1.82) is 0 Å². The van der Waals surface area contributed by atoms with Crippen molar-refractivity contribution in [2.75, 3.05) is 19.6 Å². The summed E-state index contributed by atoms with van der Waals surface area (Å²) in [6, 6.07) is 0. The van der Waals surface area contributed by atoms with Crippen LogP contribution < -0.4 is 0 Å². The van der Waals surface area contributed by atoms with Gasteiger partial charge in [0, 0.05) is 0 Å². The lowest BCUT2D eigenvalue weighted by Gasteiger charge is -2.45. The number of hydrogen-bond donors (Lipinski definition) is 0. The molecule has 0 amide bonds. The summed E-state index contributed by atoms with van der Waals surface area (Å²) in [5.41, 5.74) is 0. The second kappa shape index (κ2) is 8.42. The SMILES string of the molecule is CC[N+](CC)(CC)C(F)C(F)(F)C(F)(F)C(F)(F)C(F)(F)C(F)C(F)C(F)F. The Morgan fingerprint density at radius 2 is 0.929 bits per heavy atom. The van der Waals surface area contributed by atoms with Crippen molar-refractivity contribution in [3.63, 3.8) is 0 Å². The Kier molecular flexibility index (Phi) is 8.14. The molecule has 14 heteroatoms. The zero-order valence-electron chi connectivity index (χ0n) is 14.8. The van der Waals surface area contributed by atoms with E-state index in [0.29, 0.717) is 0 Å². The van der Waals surface area contributed by atoms with E-state index in [9.17, 15) is 57.1 Å². The molecule has 28 heavy (non-hydrogen) atoms. The molecule has 170 valence electrons. The summed E-state index contributed by atoms with van der Waals surface area (Å²) in [7, 11) is 0. The number of nitrogens with zero attached hydrogens (tertiary/aromatic N) is 1. The van der Waals surface area contributed by atoms with Gasteiger partial charge in [-0.2, -0.15) is 39.5 Å². The molecule has 0 aliphatic heterocycles. The summed E-state index contributed by atoms with van der Waals surface area (Å²) >= 11 is 0. The molecule has 0 heterocycles. The first-order valence-corrected chi connectivity index (χ1v) is 7.93. The molecule has 0 fully saturated rings. The standard InChI is InChI=1S/C14H19F13N/c1-4-28(5-2,6-3)10(19)12(22,23)14(26,27)13(24,25)11(20,21)8(16)7(15)9(17)18/h7-10H,4-6H2,1-3H3/q+1. The van der Waals surface area contributed by atoms with Crippen molar-refractivity contribution in [3.8, 4) is 0 Å². The van der Waals surface area contributed by atoms with Crippen LogP contribution in [-0.4, -0.2) is 72.9 Å². The maximum Gasteiger partial charge on any atom is 0.396 e. The Morgan fingerprint density at radius 1 is 0.607 bits per heavy atom. The quantitative estimate of drug-likeness (QED) is 0.218. The molecule has 0 aromatic rings. The van der Waals surface area contributed by atoms with E-state index in [2.05, 4.69) is 0 Å². The van der Waals surface area contributed by atoms with E-state index in [1.54, 1.807) is 0 Å². The molecule has 0 spiro atoms. The normalized spacial score (nSPS) is 18.3. The number of halogens is 13. The van der Waals surface area contributed by atoms with Crippen molar-refractivity contribution in [2.24, 2.45) is 0 Å². The smallest absolute Gasteiger partial charge is 0.290 e. The van der Waals surface area contributed by atoms with E-state index < -0.39 is 72.9 Å². The maximum absolute atomic E-state index is 14.3. The topological polar surface area (TPSA) is 0 Å². The summed E-state index contributed by atoms with van der Waals surface area (Å²) in [6.45, 7) is 1.21. The van der Waals surface area contributed by atoms with Gasteiger partial charge in [0.2, 0.25) is 6.17 Å². The highest BCUT2D eigenvalue weighted by Gasteiger charge is 2.86. The fourth-order valence-electron chi connectivity index (χ4n) is 2.56. The maximum atomic E-state index is 14.3. The Bertz CT molecular complexity index is 495. The van der Waals surface area contributed by atoms with Crippen LogP contribution >= 0.6 is 0 Å². The van der Waals surface area contributed by atoms with Crippen LogP contribution in [0.3, 0.4) is 0 Å². The van der Waals surface area contributed by atoms with Crippen LogP contribution in [0.1, 0.15) is 20.8 Å². The molecule has 0 bridgehead atoms. The minimum atomic E-state index is -7.41. The van der Waals surface area contributed by atoms with Crippen LogP contribution in [0.4, 0.5) is 57.1 Å². The lowest BCUT2D eigenvalue weighted by atomic mass is 9.92. The molecule has 0 aromatic carbocycles. The van der Waals surface area contributed by atoms with Crippen LogP contribution in [-0.2, 0) is 0 Å². The van der Waals surface area contributed by atoms with Gasteiger partial charge in [0.15, 0.2) is 6.17 Å². The highest BCUT2D eigenvalue weighted by Crippen LogP contribution is 2.57. The van der Waals surface area contributed by atoms with Crippen LogP contribution in [0.5, 0.6) is 0 Å². The lowest BCUT2D eigenvalue weighted by Crippen LogP contribution is -2.72. The van der Waals surface area contributed by atoms with Crippen molar-refractivity contribution >= 4 is 0 Å². The molecule has 1 nitrogen and oxygen atoms in total. The molecule has 3 atom stereocenters. The molecule has 0 aromatic heterocycles. The van der Waals surface area contributed by atoms with Gasteiger partial charge in [0.05, 0.1) is 19.6 Å². The monoisotopic (exact) mass is 448 g/mol. The largest absolute Gasteiger partial charge is 0.396 e. The summed E-state index contributed by atoms with van der Waals surface area (Å²) < 4.78 is 172. The zero-order chi connectivity index (χ0) is 22.9. The van der Waals surface area contributed by atoms with Crippen LogP contribution in [0.15, 0.2) is 0 Å². The summed E-state index contributed by atoms with van der Waals surface area (Å²) in [5.74, 6) is -28.1. The first-order chi connectivity index (χ1) is 12.4. The first kappa shape index (κ1) is 27.0. The van der Waals surface area contributed by atoms with E-state index in [0.717, 1.165) is 20.8 Å². The Balaban J connectivity index is 6.31. The highest BCUT2D eigenvalue weighted by atomic mass is 19.4. The summed E-state index contributed by atoms with van der Waals surface area (Å²) in [4.78, 5) is 0. The van der Waals surface area contributed by atoms with Crippen molar-refractivity contribution < 1.29 is 61.6 Å². The van der Waals surface area contributed by atoms with E-state index in [-0.39, 0.29) is 0 Å². The van der Waals surface area contributed by atoms with Gasteiger partial charge in [-0.25, -0.2) is 17.6 Å². The minimum absolute atomic E-state index is 0.633. The Labute approximate surface area is 152 Å². The molecular formula is C14H19F13N+. The summed E-state index contributed by atoms with van der Waals surface area (Å²) in [6.07, 6.45) is -18.7. The third-order valence-corrected chi connectivity index (χ3v) is 4.77. The molecular weight excluding hydrogens is 429 g/mol. The average Bonchev–Trinajstić information content (AvgIpc) is 2.61. The van der Waals surface area contributed by atoms with Crippen molar-refractivity contribution in [2.45, 2.75) is 69.5 Å². The van der Waals surface area contributed by atoms with Gasteiger partial charge >= 0.3 is 30.0 Å². The fourth-order valence-corrected chi connectivity index (χ4v) is 2.56. The van der Waals surface area contributed by atoms with E-state index >= 15 is 0 Å². The predicted molar refractivity (Wildman–Crippen MR) is 72.4 cm³/mol. The second-order valence-electron chi connectivity index (χ2n) is 6.08. The molecule has 0 radical (unpaired) electrons. The van der Waals surface area contributed by atoms with Gasteiger partial charge in [-0.1, -0.05) is 0 Å². The van der Waals surface area contributed by atoms with Crippen LogP contribution in [0.25, 0.3) is 0 Å². The van der Waals surface area contributed by atoms with Gasteiger partial charge in [0.25, 0.3) is 6.43 Å². The molecule has 0 saturated heterocycles. The van der Waals surface area contributed by atoms with Gasteiger partial charge in [0.1, 0.15) is 0 Å². The van der Waals surface area contributed by atoms with Crippen molar-refractivity contribution in [3.05, 3.63) is 0 Å². The van der Waals surface area contributed by atoms with Crippen LogP contribution in [0, 0.1) is 0 Å². The zero-order valence-corrected chi connectivity index (χ0v) is 14.8. The molecule has 3 unspecified atom stereocenters. The van der Waals surface area contributed by atoms with Gasteiger partial charge in [-0.05, 0) is 20.8 Å². The van der Waals surface area contributed by atoms with Crippen molar-refractivity contribution in [1.82, 2.24) is 0 Å². The number of hydrogen-bond acceptors (Lipinski definition) is 0. The van der Waals surface area contributed by atoms with E-state index in [1.807, 2.05) is 0 Å². The first-order valence-electron chi connectivity index (χ1n) is 7.93. The lowest BCUT2D eigenvalue weighted by molar-refractivity contribution is -0.970. The number of quaternary nitrogens is 1. The number of rotatable bonds is 11. The van der Waals surface area contributed by atoms with Gasteiger partial charge in [-0.15, -0.1) is 0 Å². The number of alkyl halides is 13. The van der Waals surface area contributed by atoms with Gasteiger partial charge < -0.3 is 0 Å². The average molecular weight is 448 g/mol. The summed E-state index contributed by atoms with van der Waals surface area (Å²) in [5, 5.41) is 0. The molecule has 0 aliphatic carbocycles. The second-order valence-corrected chi connectivity index (χ2v) is 6.08. The molecule has 0 N–H and O–H groups in total. The third kappa shape index (κ3) is 3.89. The highest BCUT2D eigenvalue weighted by molar-refractivity contribution is 5.08. The molecule has 0 rings (SSSR count). The minimum Gasteiger partial charge on any atom is -0.290 e. The Hall–Kier alpha value is -0.950. The third-order valence-electron chi connectivity index (χ3n) is 4.77. The predicted octanol–water partition coefficient (Wildman–Crippen LogP) is 5.64. The van der Waals surface area contributed by atoms with E-state index in [1.165, 1.54) is 0 Å². The fraction of sp³-hybridized carbons (Fsp3) is 1.00. The van der Waals surface area contributed by atoms with E-state index in [4.69, 9.17) is 0 Å². The Morgan fingerprint density at radius 3 is 1.21 bits per heavy atom. The van der Waals surface area contributed by atoms with Crippen LogP contribution in [0.2, 0.25) is 0 Å². The molecule has 0 aliphatic rings. The molecule has 0 saturated carbocycles.